The third-order valence-electron chi connectivity index (χ3n) is 6.47. The highest BCUT2D eigenvalue weighted by Crippen LogP contribution is 2.43. The van der Waals surface area contributed by atoms with Crippen LogP contribution in [-0.2, 0) is 16.0 Å². The van der Waals surface area contributed by atoms with Crippen LogP contribution in [0.3, 0.4) is 0 Å². The van der Waals surface area contributed by atoms with Gasteiger partial charge in [-0.05, 0) is 64.3 Å². The molecule has 1 aromatic heterocycles. The van der Waals surface area contributed by atoms with Crippen molar-refractivity contribution < 1.29 is 23.9 Å². The number of ether oxygens (including phenoxy) is 2. The van der Waals surface area contributed by atoms with Crippen molar-refractivity contribution in [1.29, 1.82) is 0 Å². The van der Waals surface area contributed by atoms with Gasteiger partial charge in [0.05, 0.1) is 12.3 Å². The van der Waals surface area contributed by atoms with Crippen LogP contribution in [0.15, 0.2) is 24.3 Å². The van der Waals surface area contributed by atoms with E-state index >= 15 is 0 Å². The molecule has 0 spiro atoms. The highest BCUT2D eigenvalue weighted by atomic mass is 32.1. The Bertz CT molecular complexity index is 1290. The van der Waals surface area contributed by atoms with Gasteiger partial charge in [-0.15, -0.1) is 11.3 Å². The molecule has 0 aliphatic carbocycles. The van der Waals surface area contributed by atoms with E-state index in [0.717, 1.165) is 39.4 Å². The lowest BCUT2D eigenvalue weighted by Gasteiger charge is -2.29. The number of carbonyl (C=O) groups excluding carboxylic acids is 3. The van der Waals surface area contributed by atoms with Crippen LogP contribution in [0.25, 0.3) is 16.8 Å². The molecule has 3 aliphatic rings. The van der Waals surface area contributed by atoms with Gasteiger partial charge in [0, 0.05) is 30.0 Å². The summed E-state index contributed by atoms with van der Waals surface area (Å²) in [6.45, 7) is 10.6. The normalized spacial score (nSPS) is 19.1. The van der Waals surface area contributed by atoms with E-state index in [1.54, 1.807) is 18.7 Å². The van der Waals surface area contributed by atoms with E-state index in [0.29, 0.717) is 31.2 Å². The fraction of sp³-hybridized carbons (Fsp3) is 0.462. The Balaban J connectivity index is 1.40. The molecule has 5 rings (SSSR count). The van der Waals surface area contributed by atoms with Crippen molar-refractivity contribution in [1.82, 2.24) is 15.2 Å². The average Bonchev–Trinajstić information content (AvgIpc) is 3.22. The van der Waals surface area contributed by atoms with Gasteiger partial charge in [-0.2, -0.15) is 0 Å². The number of nitrogens with one attached hydrogen (secondary N) is 1. The number of urea groups is 1. The van der Waals surface area contributed by atoms with Crippen molar-refractivity contribution in [3.05, 3.63) is 34.7 Å². The summed E-state index contributed by atoms with van der Waals surface area (Å²) < 4.78 is 11.6. The lowest BCUT2D eigenvalue weighted by molar-refractivity contribution is -0.122. The van der Waals surface area contributed by atoms with E-state index in [2.05, 4.69) is 11.4 Å². The van der Waals surface area contributed by atoms with Crippen LogP contribution < -0.4 is 15.0 Å². The number of carbonyl (C=O) groups is 3. The molecule has 1 N–H and O–H groups in total. The quantitative estimate of drug-likeness (QED) is 0.593. The lowest BCUT2D eigenvalue weighted by Crippen LogP contribution is -2.44. The maximum absolute atomic E-state index is 12.5. The summed E-state index contributed by atoms with van der Waals surface area (Å²) >= 11 is 1.42. The topological polar surface area (TPSA) is 101 Å². The number of anilines is 1. The van der Waals surface area contributed by atoms with E-state index in [1.807, 2.05) is 39.0 Å². The molecule has 190 valence electrons. The monoisotopic (exact) mass is 510 g/mol. The first kappa shape index (κ1) is 24.3. The van der Waals surface area contributed by atoms with Crippen LogP contribution in [0.4, 0.5) is 14.7 Å². The van der Waals surface area contributed by atoms with E-state index in [-0.39, 0.29) is 12.0 Å². The van der Waals surface area contributed by atoms with Gasteiger partial charge in [-0.25, -0.2) is 14.6 Å². The first-order chi connectivity index (χ1) is 16.9. The number of hydrogen-bond donors (Lipinski definition) is 1. The minimum atomic E-state index is -1.00. The molecule has 3 aliphatic heterocycles. The van der Waals surface area contributed by atoms with Crippen LogP contribution in [0.5, 0.6) is 5.75 Å². The van der Waals surface area contributed by atoms with Crippen molar-refractivity contribution in [2.24, 2.45) is 0 Å². The average molecular weight is 511 g/mol. The highest BCUT2D eigenvalue weighted by Gasteiger charge is 2.48. The van der Waals surface area contributed by atoms with Crippen molar-refractivity contribution in [2.75, 3.05) is 24.6 Å². The molecule has 1 fully saturated rings. The second kappa shape index (κ2) is 8.62. The minimum Gasteiger partial charge on any atom is -0.492 e. The van der Waals surface area contributed by atoms with Crippen LogP contribution in [-0.4, -0.2) is 58.8 Å². The number of nitrogens with zero attached hydrogens (tertiary/aromatic N) is 3. The SMILES string of the molecule is CC(C)(C)OC(=O)N1CC=C(c2ccc3c(c2)OCCc2sc(N4C(=O)NC(=O)C4(C)C)nc2-3)CC1. The van der Waals surface area contributed by atoms with Gasteiger partial charge < -0.3 is 14.4 Å². The summed E-state index contributed by atoms with van der Waals surface area (Å²) in [5.74, 6) is 0.400. The highest BCUT2D eigenvalue weighted by molar-refractivity contribution is 7.16. The van der Waals surface area contributed by atoms with E-state index < -0.39 is 17.2 Å². The fourth-order valence-electron chi connectivity index (χ4n) is 4.52. The van der Waals surface area contributed by atoms with E-state index in [4.69, 9.17) is 14.5 Å². The smallest absolute Gasteiger partial charge is 0.410 e. The summed E-state index contributed by atoms with van der Waals surface area (Å²) in [4.78, 5) is 46.1. The molecule has 4 amide bonds. The molecular weight excluding hydrogens is 480 g/mol. The lowest BCUT2D eigenvalue weighted by atomic mass is 9.97. The van der Waals surface area contributed by atoms with Crippen molar-refractivity contribution >= 4 is 40.1 Å². The summed E-state index contributed by atoms with van der Waals surface area (Å²) in [5, 5.41) is 2.89. The van der Waals surface area contributed by atoms with Gasteiger partial charge in [0.25, 0.3) is 5.91 Å². The van der Waals surface area contributed by atoms with Gasteiger partial charge in [-0.1, -0.05) is 12.1 Å². The van der Waals surface area contributed by atoms with Gasteiger partial charge in [-0.3, -0.25) is 15.0 Å². The van der Waals surface area contributed by atoms with Crippen molar-refractivity contribution in [2.45, 2.75) is 58.6 Å². The molecule has 9 nitrogen and oxygen atoms in total. The summed E-state index contributed by atoms with van der Waals surface area (Å²) in [6.07, 6.45) is 3.14. The molecule has 0 radical (unpaired) electrons. The molecule has 2 aromatic rings. The Kier molecular flexibility index (Phi) is 5.82. The second-order valence-corrected chi connectivity index (χ2v) is 11.7. The standard InChI is InChI=1S/C26H30N4O5S/c1-25(2,3)35-24(33)29-11-8-15(9-12-29)16-6-7-17-18(14-16)34-13-10-19-20(17)27-23(36-19)30-22(32)28-21(31)26(30,4)5/h6-8,14H,9-13H2,1-5H3,(H,28,31,32). The number of thiazole rings is 1. The van der Waals surface area contributed by atoms with Gasteiger partial charge >= 0.3 is 12.1 Å². The van der Waals surface area contributed by atoms with Gasteiger partial charge in [0.1, 0.15) is 16.9 Å². The zero-order valence-corrected chi connectivity index (χ0v) is 22.0. The molecule has 0 atom stereocenters. The van der Waals surface area contributed by atoms with Crippen LogP contribution >= 0.6 is 11.3 Å². The zero-order valence-electron chi connectivity index (χ0n) is 21.1. The molecule has 36 heavy (non-hydrogen) atoms. The predicted octanol–water partition coefficient (Wildman–Crippen LogP) is 4.60. The van der Waals surface area contributed by atoms with Crippen molar-refractivity contribution in [3.63, 3.8) is 0 Å². The fourth-order valence-corrected chi connectivity index (χ4v) is 5.71. The predicted molar refractivity (Wildman–Crippen MR) is 137 cm³/mol. The first-order valence-electron chi connectivity index (χ1n) is 12.0. The van der Waals surface area contributed by atoms with Crippen LogP contribution in [0.1, 0.15) is 51.5 Å². The number of rotatable bonds is 2. The maximum Gasteiger partial charge on any atom is 0.410 e. The Morgan fingerprint density at radius 2 is 2.00 bits per heavy atom. The summed E-state index contributed by atoms with van der Waals surface area (Å²) in [6, 6.07) is 5.61. The zero-order chi connectivity index (χ0) is 25.8. The van der Waals surface area contributed by atoms with E-state index in [1.165, 1.54) is 16.2 Å². The molecule has 0 bridgehead atoms. The first-order valence-corrected chi connectivity index (χ1v) is 12.9. The van der Waals surface area contributed by atoms with Crippen LogP contribution in [0.2, 0.25) is 0 Å². The Hall–Kier alpha value is -3.40. The largest absolute Gasteiger partial charge is 0.492 e. The van der Waals surface area contributed by atoms with Crippen molar-refractivity contribution in [3.8, 4) is 17.0 Å². The number of fused-ring (bicyclic) bond motifs is 3. The number of aromatic nitrogens is 1. The Morgan fingerprint density at radius 1 is 1.22 bits per heavy atom. The third kappa shape index (κ3) is 4.34. The Morgan fingerprint density at radius 3 is 2.64 bits per heavy atom. The molecule has 4 heterocycles. The Labute approximate surface area is 214 Å². The van der Waals surface area contributed by atoms with Crippen LogP contribution in [0, 0.1) is 0 Å². The molecule has 1 aromatic carbocycles. The van der Waals surface area contributed by atoms with E-state index in [9.17, 15) is 14.4 Å². The molecule has 10 heteroatoms. The van der Waals surface area contributed by atoms with Gasteiger partial charge in [0.2, 0.25) is 0 Å². The minimum absolute atomic E-state index is 0.300. The molecule has 1 saturated heterocycles. The number of amides is 4. The number of hydrogen-bond acceptors (Lipinski definition) is 7. The number of benzene rings is 1. The number of imide groups is 1. The third-order valence-corrected chi connectivity index (χ3v) is 7.57. The summed E-state index contributed by atoms with van der Waals surface area (Å²) in [7, 11) is 0. The summed E-state index contributed by atoms with van der Waals surface area (Å²) in [5.41, 5.74) is 2.32. The van der Waals surface area contributed by atoms with Gasteiger partial charge in [0.15, 0.2) is 5.13 Å². The molecule has 0 unspecified atom stereocenters. The molecular formula is C26H30N4O5S. The second-order valence-electron chi connectivity index (χ2n) is 10.6. The maximum atomic E-state index is 12.5. The molecule has 0 saturated carbocycles.